The van der Waals surface area contributed by atoms with Crippen LogP contribution in [0.15, 0.2) is 4.79 Å². The number of rotatable bonds is 0. The normalized spacial score (nSPS) is 10.0. The third-order valence-electron chi connectivity index (χ3n) is 1.80. The van der Waals surface area contributed by atoms with Gasteiger partial charge in [0.1, 0.15) is 11.3 Å². The first-order valence-electron chi connectivity index (χ1n) is 4.03. The summed E-state index contributed by atoms with van der Waals surface area (Å²) in [5, 5.41) is 0. The van der Waals surface area contributed by atoms with Gasteiger partial charge in [0, 0.05) is 5.82 Å². The largest absolute Gasteiger partial charge is 1.00 e. The van der Waals surface area contributed by atoms with E-state index in [2.05, 4.69) is 19.9 Å². The SMILES string of the molecule is Cc1nc(N)c2nc(C)c(=O)[n-]c2n1.[Na+]. The Balaban J connectivity index is 0.00000112. The van der Waals surface area contributed by atoms with Crippen LogP contribution in [0.5, 0.6) is 0 Å². The molecule has 0 spiro atoms. The summed E-state index contributed by atoms with van der Waals surface area (Å²) in [4.78, 5) is 26.8. The van der Waals surface area contributed by atoms with Gasteiger partial charge >= 0.3 is 29.6 Å². The molecule has 7 heteroatoms. The minimum Gasteiger partial charge on any atom is -0.422 e. The number of aromatic nitrogens is 4. The predicted octanol–water partition coefficient (Wildman–Crippen LogP) is -3.45. The molecule has 0 saturated carbocycles. The number of nitrogen functional groups attached to an aromatic ring is 1. The van der Waals surface area contributed by atoms with Crippen molar-refractivity contribution in [3.63, 3.8) is 0 Å². The van der Waals surface area contributed by atoms with Crippen LogP contribution in [0.4, 0.5) is 5.82 Å². The first-order chi connectivity index (χ1) is 6.58. The average Bonchev–Trinajstić information content (AvgIpc) is 2.08. The molecule has 0 amide bonds. The number of fused-ring (bicyclic) bond motifs is 1. The number of aryl methyl sites for hydroxylation is 2. The molecule has 0 aliphatic heterocycles. The molecule has 0 fully saturated rings. The number of nitrogens with two attached hydrogens (primary N) is 1. The number of hydrogen-bond donors (Lipinski definition) is 1. The van der Waals surface area contributed by atoms with Crippen LogP contribution in [0, 0.1) is 13.8 Å². The fraction of sp³-hybridized carbons (Fsp3) is 0.250. The van der Waals surface area contributed by atoms with Crippen molar-refractivity contribution < 1.29 is 29.6 Å². The van der Waals surface area contributed by atoms with Crippen LogP contribution in [0.3, 0.4) is 0 Å². The zero-order chi connectivity index (χ0) is 10.3. The molecule has 0 saturated heterocycles. The third-order valence-corrected chi connectivity index (χ3v) is 1.80. The van der Waals surface area contributed by atoms with E-state index in [0.29, 0.717) is 17.0 Å². The van der Waals surface area contributed by atoms with Crippen LogP contribution >= 0.6 is 0 Å². The summed E-state index contributed by atoms with van der Waals surface area (Å²) < 4.78 is 0. The molecule has 0 radical (unpaired) electrons. The van der Waals surface area contributed by atoms with E-state index in [-0.39, 0.29) is 46.6 Å². The van der Waals surface area contributed by atoms with Crippen LogP contribution in [-0.4, -0.2) is 15.0 Å². The number of anilines is 1. The Hall–Kier alpha value is -0.980. The van der Waals surface area contributed by atoms with Crippen LogP contribution < -0.4 is 45.8 Å². The van der Waals surface area contributed by atoms with Gasteiger partial charge in [-0.2, -0.15) is 0 Å². The van der Waals surface area contributed by atoms with Gasteiger partial charge in [0.15, 0.2) is 5.56 Å². The van der Waals surface area contributed by atoms with Crippen molar-refractivity contribution >= 4 is 17.0 Å². The van der Waals surface area contributed by atoms with Gasteiger partial charge in [-0.15, -0.1) is 0 Å². The molecule has 6 nitrogen and oxygen atoms in total. The summed E-state index contributed by atoms with van der Waals surface area (Å²) in [6.45, 7) is 3.26. The molecule has 0 unspecified atom stereocenters. The van der Waals surface area contributed by atoms with E-state index in [1.807, 2.05) is 0 Å². The monoisotopic (exact) mass is 213 g/mol. The van der Waals surface area contributed by atoms with Crippen LogP contribution in [-0.2, 0) is 0 Å². The summed E-state index contributed by atoms with van der Waals surface area (Å²) in [7, 11) is 0. The van der Waals surface area contributed by atoms with E-state index in [9.17, 15) is 4.79 Å². The minimum atomic E-state index is -0.380. The first-order valence-corrected chi connectivity index (χ1v) is 4.03. The van der Waals surface area contributed by atoms with Gasteiger partial charge in [-0.3, -0.25) is 4.79 Å². The fourth-order valence-corrected chi connectivity index (χ4v) is 1.15. The van der Waals surface area contributed by atoms with E-state index in [4.69, 9.17) is 5.73 Å². The van der Waals surface area contributed by atoms with Crippen molar-refractivity contribution in [1.29, 1.82) is 0 Å². The fourth-order valence-electron chi connectivity index (χ4n) is 1.15. The first kappa shape index (κ1) is 12.1. The smallest absolute Gasteiger partial charge is 0.422 e. The predicted molar refractivity (Wildman–Crippen MR) is 50.8 cm³/mol. The zero-order valence-corrected chi connectivity index (χ0v) is 10.8. The summed E-state index contributed by atoms with van der Waals surface area (Å²) in [5.74, 6) is 0.732. The Labute approximate surface area is 108 Å². The third kappa shape index (κ3) is 2.17. The molecule has 0 aliphatic rings. The zero-order valence-electron chi connectivity index (χ0n) is 8.77. The van der Waals surface area contributed by atoms with E-state index in [1.54, 1.807) is 13.8 Å². The molecule has 2 N–H and O–H groups in total. The van der Waals surface area contributed by atoms with Crippen molar-refractivity contribution in [3.05, 3.63) is 21.9 Å². The molecule has 2 aromatic rings. The minimum absolute atomic E-state index is 0. The Morgan fingerprint density at radius 2 is 1.87 bits per heavy atom. The van der Waals surface area contributed by atoms with Gasteiger partial charge in [0.05, 0.1) is 5.69 Å². The maximum atomic E-state index is 11.2. The second-order valence-corrected chi connectivity index (χ2v) is 2.94. The van der Waals surface area contributed by atoms with Gasteiger partial charge in [-0.1, -0.05) is 0 Å². The summed E-state index contributed by atoms with van der Waals surface area (Å²) in [6, 6.07) is 0. The Morgan fingerprint density at radius 1 is 1.20 bits per heavy atom. The van der Waals surface area contributed by atoms with Gasteiger partial charge in [0.25, 0.3) is 0 Å². The molecule has 2 rings (SSSR count). The summed E-state index contributed by atoms with van der Waals surface area (Å²) in [5.41, 5.74) is 6.18. The molecule has 2 heterocycles. The second-order valence-electron chi connectivity index (χ2n) is 2.94. The standard InChI is InChI=1S/C8H9N5O.Na/c1-3-8(14)13-7-5(10-3)6(9)11-4(2)12-7;/h1-2H3,(H3,9,11,12,13,14);/q;+1/p-1. The van der Waals surface area contributed by atoms with Crippen LogP contribution in [0.2, 0.25) is 0 Å². The van der Waals surface area contributed by atoms with Gasteiger partial charge in [-0.05, 0) is 19.5 Å². The molecule has 2 aromatic heterocycles. The molecule has 72 valence electrons. The Morgan fingerprint density at radius 3 is 2.53 bits per heavy atom. The van der Waals surface area contributed by atoms with Crippen molar-refractivity contribution in [2.45, 2.75) is 13.8 Å². The number of hydrogen-bond acceptors (Lipinski definition) is 5. The van der Waals surface area contributed by atoms with E-state index in [1.165, 1.54) is 0 Å². The maximum absolute atomic E-state index is 11.2. The van der Waals surface area contributed by atoms with Crippen molar-refractivity contribution in [2.24, 2.45) is 0 Å². The topological polar surface area (TPSA) is 95.9 Å². The quantitative estimate of drug-likeness (QED) is 0.457. The maximum Gasteiger partial charge on any atom is 1.00 e. The van der Waals surface area contributed by atoms with Crippen LogP contribution in [0.1, 0.15) is 11.5 Å². The van der Waals surface area contributed by atoms with Crippen molar-refractivity contribution in [2.75, 3.05) is 5.73 Å². The van der Waals surface area contributed by atoms with Crippen molar-refractivity contribution in [1.82, 2.24) is 19.9 Å². The van der Waals surface area contributed by atoms with Gasteiger partial charge in [-0.25, -0.2) is 9.97 Å². The van der Waals surface area contributed by atoms with E-state index >= 15 is 0 Å². The molecule has 0 aliphatic carbocycles. The molecule has 0 bridgehead atoms. The van der Waals surface area contributed by atoms with Crippen molar-refractivity contribution in [3.8, 4) is 0 Å². The number of nitrogens with zero attached hydrogens (tertiary/aromatic N) is 4. The molecular weight excluding hydrogens is 205 g/mol. The molecule has 0 aromatic carbocycles. The van der Waals surface area contributed by atoms with E-state index in [0.717, 1.165) is 0 Å². The molecule has 0 atom stereocenters. The molecular formula is C8H8N5NaO. The summed E-state index contributed by atoms with van der Waals surface area (Å²) >= 11 is 0. The second kappa shape index (κ2) is 4.26. The summed E-state index contributed by atoms with van der Waals surface area (Å²) in [6.07, 6.45) is 0. The Kier molecular flexibility index (Phi) is 3.43. The van der Waals surface area contributed by atoms with Gasteiger partial charge < -0.3 is 15.7 Å². The average molecular weight is 213 g/mol. The van der Waals surface area contributed by atoms with Gasteiger partial charge in [0.2, 0.25) is 0 Å². The molecule has 15 heavy (non-hydrogen) atoms. The van der Waals surface area contributed by atoms with E-state index < -0.39 is 0 Å². The van der Waals surface area contributed by atoms with Crippen LogP contribution in [0.25, 0.3) is 11.2 Å². The Bertz CT molecular complexity index is 565.